The molecule has 0 radical (unpaired) electrons. The smallest absolute Gasteiger partial charge is 0.278 e. The van der Waals surface area contributed by atoms with E-state index in [9.17, 15) is 4.79 Å². The lowest BCUT2D eigenvalue weighted by molar-refractivity contribution is 0.102. The molecular weight excluding hydrogens is 312 g/mol. The third-order valence-corrected chi connectivity index (χ3v) is 3.99. The van der Waals surface area contributed by atoms with E-state index >= 15 is 0 Å². The van der Waals surface area contributed by atoms with Gasteiger partial charge in [-0.05, 0) is 37.6 Å². The monoisotopic (exact) mass is 326 g/mol. The molecule has 0 saturated heterocycles. The normalized spacial score (nSPS) is 10.6. The van der Waals surface area contributed by atoms with Gasteiger partial charge in [-0.3, -0.25) is 4.79 Å². The summed E-state index contributed by atoms with van der Waals surface area (Å²) in [6.07, 6.45) is 1.28. The number of rotatable bonds is 3. The summed E-state index contributed by atoms with van der Waals surface area (Å²) in [6.45, 7) is 3.83. The van der Waals surface area contributed by atoms with Gasteiger partial charge in [-0.25, -0.2) is 4.98 Å². The number of nitrogens with zero attached hydrogens (tertiary/aromatic N) is 1. The van der Waals surface area contributed by atoms with Crippen LogP contribution in [-0.4, -0.2) is 10.9 Å². The molecule has 2 aromatic carbocycles. The molecule has 0 bridgehead atoms. The third kappa shape index (κ3) is 3.12. The SMILES string of the molecule is Cc1cccc(-c2ocnc2C(=O)Nc2cccc(Cl)c2C)c1. The Kier molecular flexibility index (Phi) is 4.17. The number of carbonyl (C=O) groups is 1. The minimum absolute atomic E-state index is 0.245. The first kappa shape index (κ1) is 15.3. The molecule has 1 aromatic heterocycles. The van der Waals surface area contributed by atoms with Crippen LogP contribution in [-0.2, 0) is 0 Å². The molecule has 0 unspecified atom stereocenters. The van der Waals surface area contributed by atoms with Crippen molar-refractivity contribution in [3.8, 4) is 11.3 Å². The first-order valence-corrected chi connectivity index (χ1v) is 7.51. The molecule has 23 heavy (non-hydrogen) atoms. The molecule has 0 aliphatic rings. The lowest BCUT2D eigenvalue weighted by Crippen LogP contribution is -2.14. The molecule has 3 aromatic rings. The van der Waals surface area contributed by atoms with Gasteiger partial charge in [0.2, 0.25) is 0 Å². The molecule has 0 atom stereocenters. The maximum absolute atomic E-state index is 12.5. The number of hydrogen-bond acceptors (Lipinski definition) is 3. The zero-order valence-electron chi connectivity index (χ0n) is 12.8. The number of halogens is 1. The molecule has 0 aliphatic heterocycles. The Morgan fingerprint density at radius 2 is 1.96 bits per heavy atom. The van der Waals surface area contributed by atoms with Crippen LogP contribution < -0.4 is 5.32 Å². The van der Waals surface area contributed by atoms with Crippen molar-refractivity contribution in [3.63, 3.8) is 0 Å². The molecule has 0 fully saturated rings. The Morgan fingerprint density at radius 3 is 2.74 bits per heavy atom. The molecule has 1 amide bonds. The van der Waals surface area contributed by atoms with E-state index in [2.05, 4.69) is 10.3 Å². The zero-order chi connectivity index (χ0) is 16.4. The summed E-state index contributed by atoms with van der Waals surface area (Å²) in [5.41, 5.74) is 3.60. The Labute approximate surface area is 139 Å². The van der Waals surface area contributed by atoms with Crippen molar-refractivity contribution < 1.29 is 9.21 Å². The summed E-state index contributed by atoms with van der Waals surface area (Å²) in [7, 11) is 0. The highest BCUT2D eigenvalue weighted by atomic mass is 35.5. The van der Waals surface area contributed by atoms with Gasteiger partial charge in [0.15, 0.2) is 17.8 Å². The second-order valence-electron chi connectivity index (χ2n) is 5.27. The minimum atomic E-state index is -0.333. The number of carbonyl (C=O) groups excluding carboxylic acids is 1. The molecule has 116 valence electrons. The molecule has 5 heteroatoms. The van der Waals surface area contributed by atoms with E-state index in [0.29, 0.717) is 16.5 Å². The standard InChI is InChI=1S/C18H15ClN2O2/c1-11-5-3-6-13(9-11)17-16(20-10-23-17)18(22)21-15-8-4-7-14(19)12(15)2/h3-10H,1-2H3,(H,21,22). The lowest BCUT2D eigenvalue weighted by atomic mass is 10.1. The van der Waals surface area contributed by atoms with E-state index in [4.69, 9.17) is 16.0 Å². The number of amides is 1. The quantitative estimate of drug-likeness (QED) is 0.747. The fourth-order valence-corrected chi connectivity index (χ4v) is 2.50. The highest BCUT2D eigenvalue weighted by molar-refractivity contribution is 6.31. The van der Waals surface area contributed by atoms with Gasteiger partial charge < -0.3 is 9.73 Å². The number of nitrogens with one attached hydrogen (secondary N) is 1. The van der Waals surface area contributed by atoms with Gasteiger partial charge in [0.1, 0.15) is 0 Å². The summed E-state index contributed by atoms with van der Waals surface area (Å²) in [4.78, 5) is 16.6. The van der Waals surface area contributed by atoms with Crippen LogP contribution in [0.1, 0.15) is 21.6 Å². The van der Waals surface area contributed by atoms with Crippen molar-refractivity contribution in [1.29, 1.82) is 0 Å². The Hall–Kier alpha value is -2.59. The van der Waals surface area contributed by atoms with Crippen LogP contribution in [0.4, 0.5) is 5.69 Å². The van der Waals surface area contributed by atoms with Crippen LogP contribution in [0, 0.1) is 13.8 Å². The van der Waals surface area contributed by atoms with Crippen molar-refractivity contribution in [2.45, 2.75) is 13.8 Å². The summed E-state index contributed by atoms with van der Waals surface area (Å²) in [6, 6.07) is 13.1. The van der Waals surface area contributed by atoms with E-state index in [-0.39, 0.29) is 11.6 Å². The van der Waals surface area contributed by atoms with Crippen LogP contribution in [0.5, 0.6) is 0 Å². The number of anilines is 1. The molecule has 1 heterocycles. The predicted octanol–water partition coefficient (Wildman–Crippen LogP) is 4.86. The van der Waals surface area contributed by atoms with Gasteiger partial charge in [0.05, 0.1) is 0 Å². The van der Waals surface area contributed by atoms with Crippen molar-refractivity contribution in [2.75, 3.05) is 5.32 Å². The van der Waals surface area contributed by atoms with E-state index in [1.807, 2.05) is 38.1 Å². The van der Waals surface area contributed by atoms with E-state index < -0.39 is 0 Å². The van der Waals surface area contributed by atoms with Gasteiger partial charge in [-0.15, -0.1) is 0 Å². The van der Waals surface area contributed by atoms with Crippen LogP contribution in [0.25, 0.3) is 11.3 Å². The second kappa shape index (κ2) is 6.26. The highest BCUT2D eigenvalue weighted by Gasteiger charge is 2.19. The second-order valence-corrected chi connectivity index (χ2v) is 5.67. The van der Waals surface area contributed by atoms with E-state index in [1.54, 1.807) is 18.2 Å². The summed E-state index contributed by atoms with van der Waals surface area (Å²) in [5, 5.41) is 3.43. The first-order chi connectivity index (χ1) is 11.1. The van der Waals surface area contributed by atoms with E-state index in [0.717, 1.165) is 16.7 Å². The molecule has 1 N–H and O–H groups in total. The molecule has 4 nitrogen and oxygen atoms in total. The topological polar surface area (TPSA) is 55.1 Å². The predicted molar refractivity (Wildman–Crippen MR) is 90.8 cm³/mol. The lowest BCUT2D eigenvalue weighted by Gasteiger charge is -2.09. The third-order valence-electron chi connectivity index (χ3n) is 3.58. The largest absolute Gasteiger partial charge is 0.443 e. The summed E-state index contributed by atoms with van der Waals surface area (Å²) in [5.74, 6) is 0.117. The fraction of sp³-hybridized carbons (Fsp3) is 0.111. The fourth-order valence-electron chi connectivity index (χ4n) is 2.32. The van der Waals surface area contributed by atoms with Gasteiger partial charge in [-0.2, -0.15) is 0 Å². The van der Waals surface area contributed by atoms with Crippen molar-refractivity contribution in [1.82, 2.24) is 4.98 Å². The molecule has 0 spiro atoms. The molecule has 3 rings (SSSR count). The minimum Gasteiger partial charge on any atom is -0.443 e. The number of aromatic nitrogens is 1. The maximum atomic E-state index is 12.5. The van der Waals surface area contributed by atoms with Gasteiger partial charge in [0.25, 0.3) is 5.91 Å². The van der Waals surface area contributed by atoms with E-state index in [1.165, 1.54) is 6.39 Å². The average molecular weight is 327 g/mol. The van der Waals surface area contributed by atoms with Crippen LogP contribution in [0.3, 0.4) is 0 Å². The zero-order valence-corrected chi connectivity index (χ0v) is 13.5. The highest BCUT2D eigenvalue weighted by Crippen LogP contribution is 2.27. The van der Waals surface area contributed by atoms with Crippen LogP contribution in [0.2, 0.25) is 5.02 Å². The van der Waals surface area contributed by atoms with Gasteiger partial charge in [-0.1, -0.05) is 41.4 Å². The van der Waals surface area contributed by atoms with Crippen molar-refractivity contribution in [2.24, 2.45) is 0 Å². The maximum Gasteiger partial charge on any atom is 0.278 e. The summed E-state index contributed by atoms with van der Waals surface area (Å²) >= 11 is 6.08. The molecule has 0 saturated carbocycles. The first-order valence-electron chi connectivity index (χ1n) is 7.13. The average Bonchev–Trinajstić information content (AvgIpc) is 3.01. The number of aryl methyl sites for hydroxylation is 1. The Bertz CT molecular complexity index is 871. The number of oxazole rings is 1. The van der Waals surface area contributed by atoms with Gasteiger partial charge in [0, 0.05) is 16.3 Å². The summed E-state index contributed by atoms with van der Waals surface area (Å²) < 4.78 is 5.42. The van der Waals surface area contributed by atoms with Gasteiger partial charge >= 0.3 is 0 Å². The number of hydrogen-bond donors (Lipinski definition) is 1. The molecule has 0 aliphatic carbocycles. The number of benzene rings is 2. The Morgan fingerprint density at radius 1 is 1.17 bits per heavy atom. The Balaban J connectivity index is 1.93. The van der Waals surface area contributed by atoms with Crippen molar-refractivity contribution in [3.05, 3.63) is 70.7 Å². The van der Waals surface area contributed by atoms with Crippen LogP contribution in [0.15, 0.2) is 53.3 Å². The van der Waals surface area contributed by atoms with Crippen LogP contribution >= 0.6 is 11.6 Å². The van der Waals surface area contributed by atoms with Crippen molar-refractivity contribution >= 4 is 23.2 Å². The molecular formula is C18H15ClN2O2.